The summed E-state index contributed by atoms with van der Waals surface area (Å²) in [5.41, 5.74) is 1.39. The number of carboxylic acid groups (broad SMARTS) is 1. The number of aromatic nitrogens is 2. The molecule has 0 unspecified atom stereocenters. The van der Waals surface area contributed by atoms with Gasteiger partial charge in [-0.3, -0.25) is 4.68 Å². The maximum absolute atomic E-state index is 11.1. The lowest BCUT2D eigenvalue weighted by Gasteiger charge is -2.51. The molecule has 2 aliphatic heterocycles. The standard InChI is InChI=1S/C17H26N4O2/c1-13-2-8-21(18-13)14-3-6-19(7-4-14)15-10-17(11-15)5-9-20(12-17)16(22)23/h2,8,14-15H,3-7,9-12H2,1H3,(H,22,23). The number of piperidine rings is 1. The summed E-state index contributed by atoms with van der Waals surface area (Å²) in [4.78, 5) is 15.3. The van der Waals surface area contributed by atoms with Gasteiger partial charge in [-0.25, -0.2) is 4.79 Å². The zero-order chi connectivity index (χ0) is 16.0. The number of likely N-dealkylation sites (tertiary alicyclic amines) is 2. The van der Waals surface area contributed by atoms with E-state index in [1.165, 1.54) is 25.7 Å². The Kier molecular flexibility index (Phi) is 3.59. The van der Waals surface area contributed by atoms with Crippen LogP contribution in [-0.2, 0) is 0 Å². The van der Waals surface area contributed by atoms with E-state index in [1.54, 1.807) is 4.90 Å². The fraction of sp³-hybridized carbons (Fsp3) is 0.765. The van der Waals surface area contributed by atoms with E-state index in [-0.39, 0.29) is 0 Å². The molecule has 1 spiro atoms. The van der Waals surface area contributed by atoms with Crippen molar-refractivity contribution in [1.29, 1.82) is 0 Å². The first-order valence-electron chi connectivity index (χ1n) is 8.78. The second-order valence-corrected chi connectivity index (χ2v) is 7.72. The predicted octanol–water partition coefficient (Wildman–Crippen LogP) is 2.36. The van der Waals surface area contributed by atoms with Crippen LogP contribution in [0, 0.1) is 12.3 Å². The normalized spacial score (nSPS) is 32.4. The minimum absolute atomic E-state index is 0.291. The summed E-state index contributed by atoms with van der Waals surface area (Å²) in [5, 5.41) is 13.7. The molecule has 23 heavy (non-hydrogen) atoms. The monoisotopic (exact) mass is 318 g/mol. The molecule has 3 heterocycles. The van der Waals surface area contributed by atoms with Gasteiger partial charge in [-0.1, -0.05) is 0 Å². The number of rotatable bonds is 2. The second kappa shape index (κ2) is 5.51. The number of hydrogen-bond acceptors (Lipinski definition) is 3. The smallest absolute Gasteiger partial charge is 0.407 e. The van der Waals surface area contributed by atoms with E-state index in [0.717, 1.165) is 38.3 Å². The van der Waals surface area contributed by atoms with Gasteiger partial charge < -0.3 is 14.9 Å². The Balaban J connectivity index is 1.27. The Labute approximate surface area is 137 Å². The molecule has 1 aromatic heterocycles. The predicted molar refractivity (Wildman–Crippen MR) is 86.5 cm³/mol. The van der Waals surface area contributed by atoms with E-state index >= 15 is 0 Å². The summed E-state index contributed by atoms with van der Waals surface area (Å²) < 4.78 is 2.14. The molecule has 0 atom stereocenters. The average molecular weight is 318 g/mol. The molecule has 4 rings (SSSR count). The van der Waals surface area contributed by atoms with Gasteiger partial charge in [-0.2, -0.15) is 5.10 Å². The largest absolute Gasteiger partial charge is 0.465 e. The van der Waals surface area contributed by atoms with Crippen molar-refractivity contribution in [3.8, 4) is 0 Å². The van der Waals surface area contributed by atoms with Crippen molar-refractivity contribution < 1.29 is 9.90 Å². The summed E-state index contributed by atoms with van der Waals surface area (Å²) in [6, 6.07) is 3.29. The second-order valence-electron chi connectivity index (χ2n) is 7.72. The quantitative estimate of drug-likeness (QED) is 0.909. The fourth-order valence-corrected chi connectivity index (χ4v) is 4.78. The zero-order valence-electron chi connectivity index (χ0n) is 13.8. The Morgan fingerprint density at radius 1 is 1.26 bits per heavy atom. The van der Waals surface area contributed by atoms with Crippen molar-refractivity contribution >= 4 is 6.09 Å². The minimum Gasteiger partial charge on any atom is -0.465 e. The van der Waals surface area contributed by atoms with Crippen LogP contribution < -0.4 is 0 Å². The van der Waals surface area contributed by atoms with E-state index in [2.05, 4.69) is 26.9 Å². The summed E-state index contributed by atoms with van der Waals surface area (Å²) in [6.45, 7) is 5.81. The highest BCUT2D eigenvalue weighted by molar-refractivity contribution is 5.65. The maximum atomic E-state index is 11.1. The van der Waals surface area contributed by atoms with E-state index in [4.69, 9.17) is 5.11 Å². The SMILES string of the molecule is Cc1ccn(C2CCN(C3CC4(CCN(C(=O)O)C4)C3)CC2)n1. The molecule has 1 N–H and O–H groups in total. The van der Waals surface area contributed by atoms with Crippen LogP contribution in [0.3, 0.4) is 0 Å². The first kappa shape index (κ1) is 15.0. The van der Waals surface area contributed by atoms with Gasteiger partial charge in [0.2, 0.25) is 0 Å². The van der Waals surface area contributed by atoms with Crippen molar-refractivity contribution in [1.82, 2.24) is 19.6 Å². The van der Waals surface area contributed by atoms with Crippen LogP contribution in [0.2, 0.25) is 0 Å². The summed E-state index contributed by atoms with van der Waals surface area (Å²) >= 11 is 0. The minimum atomic E-state index is -0.749. The number of nitrogens with zero attached hydrogens (tertiary/aromatic N) is 4. The number of amides is 1. The molecule has 2 saturated heterocycles. The third-order valence-corrected chi connectivity index (χ3v) is 6.18. The van der Waals surface area contributed by atoms with E-state index in [9.17, 15) is 4.79 Å². The lowest BCUT2D eigenvalue weighted by molar-refractivity contribution is -0.00822. The Hall–Kier alpha value is -1.56. The Morgan fingerprint density at radius 3 is 2.57 bits per heavy atom. The van der Waals surface area contributed by atoms with Gasteiger partial charge in [0.25, 0.3) is 0 Å². The van der Waals surface area contributed by atoms with Crippen molar-refractivity contribution in [2.24, 2.45) is 5.41 Å². The number of aryl methyl sites for hydroxylation is 1. The van der Waals surface area contributed by atoms with Crippen LogP contribution in [0.1, 0.15) is 43.8 Å². The van der Waals surface area contributed by atoms with Crippen LogP contribution in [-0.4, -0.2) is 63.0 Å². The van der Waals surface area contributed by atoms with Crippen molar-refractivity contribution in [2.45, 2.75) is 51.1 Å². The summed E-state index contributed by atoms with van der Waals surface area (Å²) in [7, 11) is 0. The lowest BCUT2D eigenvalue weighted by Crippen LogP contribution is -2.54. The Bertz CT molecular complexity index is 585. The third-order valence-electron chi connectivity index (χ3n) is 6.18. The van der Waals surface area contributed by atoms with Gasteiger partial charge in [0, 0.05) is 38.4 Å². The number of hydrogen-bond donors (Lipinski definition) is 1. The van der Waals surface area contributed by atoms with Crippen LogP contribution in [0.15, 0.2) is 12.3 Å². The molecule has 0 bridgehead atoms. The molecule has 1 aliphatic carbocycles. The molecule has 0 aromatic carbocycles. The highest BCUT2D eigenvalue weighted by Gasteiger charge is 2.51. The van der Waals surface area contributed by atoms with E-state index in [0.29, 0.717) is 17.5 Å². The Morgan fingerprint density at radius 2 is 2.00 bits per heavy atom. The highest BCUT2D eigenvalue weighted by atomic mass is 16.4. The zero-order valence-corrected chi connectivity index (χ0v) is 13.8. The van der Waals surface area contributed by atoms with Gasteiger partial charge in [0.15, 0.2) is 0 Å². The highest BCUT2D eigenvalue weighted by Crippen LogP contribution is 2.50. The summed E-state index contributed by atoms with van der Waals surface area (Å²) in [6.07, 6.45) is 7.12. The molecular formula is C17H26N4O2. The first-order chi connectivity index (χ1) is 11.0. The van der Waals surface area contributed by atoms with Gasteiger partial charge in [-0.15, -0.1) is 0 Å². The molecular weight excluding hydrogens is 292 g/mol. The van der Waals surface area contributed by atoms with Crippen LogP contribution in [0.25, 0.3) is 0 Å². The molecule has 126 valence electrons. The molecule has 1 aromatic rings. The molecule has 3 fully saturated rings. The molecule has 1 saturated carbocycles. The van der Waals surface area contributed by atoms with Gasteiger partial charge in [-0.05, 0) is 50.5 Å². The first-order valence-corrected chi connectivity index (χ1v) is 8.78. The molecule has 6 nitrogen and oxygen atoms in total. The van der Waals surface area contributed by atoms with Crippen molar-refractivity contribution in [3.63, 3.8) is 0 Å². The van der Waals surface area contributed by atoms with Gasteiger partial charge in [0.1, 0.15) is 0 Å². The molecule has 1 amide bonds. The van der Waals surface area contributed by atoms with Gasteiger partial charge in [0.05, 0.1) is 11.7 Å². The van der Waals surface area contributed by atoms with Crippen molar-refractivity contribution in [2.75, 3.05) is 26.2 Å². The van der Waals surface area contributed by atoms with Crippen LogP contribution in [0.5, 0.6) is 0 Å². The maximum Gasteiger partial charge on any atom is 0.407 e. The van der Waals surface area contributed by atoms with Crippen LogP contribution in [0.4, 0.5) is 4.79 Å². The average Bonchev–Trinajstić information content (AvgIpc) is 3.12. The van der Waals surface area contributed by atoms with E-state index in [1.807, 2.05) is 6.92 Å². The summed E-state index contributed by atoms with van der Waals surface area (Å²) in [5.74, 6) is 0. The topological polar surface area (TPSA) is 61.6 Å². The van der Waals surface area contributed by atoms with E-state index < -0.39 is 6.09 Å². The molecule has 3 aliphatic rings. The fourth-order valence-electron chi connectivity index (χ4n) is 4.78. The van der Waals surface area contributed by atoms with Crippen molar-refractivity contribution in [3.05, 3.63) is 18.0 Å². The molecule has 6 heteroatoms. The lowest BCUT2D eigenvalue weighted by atomic mass is 9.64. The third kappa shape index (κ3) is 2.73. The molecule has 0 radical (unpaired) electrons. The van der Waals surface area contributed by atoms with Gasteiger partial charge >= 0.3 is 6.09 Å². The number of carbonyl (C=O) groups is 1. The van der Waals surface area contributed by atoms with Crippen LogP contribution >= 0.6 is 0 Å².